The number of anilines is 2. The quantitative estimate of drug-likeness (QED) is 0.768. The average Bonchev–Trinajstić information content (AvgIpc) is 2.60. The average molecular weight is 382 g/mol. The van der Waals surface area contributed by atoms with E-state index in [4.69, 9.17) is 0 Å². The van der Waals surface area contributed by atoms with Crippen LogP contribution in [0.4, 0.5) is 11.4 Å². The molecule has 2 rings (SSSR count). The van der Waals surface area contributed by atoms with Gasteiger partial charge < -0.3 is 15.5 Å². The third-order valence-corrected chi connectivity index (χ3v) is 4.34. The standard InChI is InChI=1S/C23H31N3O2/c1-16(17-10-8-7-9-11-17)24-22(28)19-14-18(12-13-20(19)26(5)6)25-21(27)15-23(2,3)4/h7-14,16H,15H2,1-6H3,(H,24,28)(H,25,27)/t16-/m0/s1. The Morgan fingerprint density at radius 2 is 1.68 bits per heavy atom. The molecule has 2 aromatic rings. The second-order valence-electron chi connectivity index (χ2n) is 8.52. The third kappa shape index (κ3) is 6.12. The van der Waals surface area contributed by atoms with E-state index in [1.807, 2.05) is 89.2 Å². The first-order valence-corrected chi connectivity index (χ1v) is 9.54. The Hall–Kier alpha value is -2.82. The summed E-state index contributed by atoms with van der Waals surface area (Å²) in [6.45, 7) is 8.01. The predicted octanol–water partition coefficient (Wildman–Crippen LogP) is 4.62. The Kier molecular flexibility index (Phi) is 6.84. The second kappa shape index (κ2) is 8.91. The van der Waals surface area contributed by atoms with Gasteiger partial charge in [0.2, 0.25) is 5.91 Å². The molecule has 5 heteroatoms. The monoisotopic (exact) mass is 381 g/mol. The second-order valence-corrected chi connectivity index (χ2v) is 8.52. The summed E-state index contributed by atoms with van der Waals surface area (Å²) < 4.78 is 0. The Bertz CT molecular complexity index is 823. The maximum atomic E-state index is 13.0. The van der Waals surface area contributed by atoms with Gasteiger partial charge in [0, 0.05) is 31.9 Å². The Morgan fingerprint density at radius 1 is 1.04 bits per heavy atom. The summed E-state index contributed by atoms with van der Waals surface area (Å²) >= 11 is 0. The van der Waals surface area contributed by atoms with Crippen LogP contribution in [0.5, 0.6) is 0 Å². The maximum Gasteiger partial charge on any atom is 0.253 e. The highest BCUT2D eigenvalue weighted by molar-refractivity contribution is 6.02. The summed E-state index contributed by atoms with van der Waals surface area (Å²) in [6, 6.07) is 15.1. The molecule has 0 fully saturated rings. The number of carbonyl (C=O) groups is 2. The van der Waals surface area contributed by atoms with E-state index in [1.165, 1.54) is 0 Å². The fourth-order valence-electron chi connectivity index (χ4n) is 2.97. The largest absolute Gasteiger partial charge is 0.377 e. The lowest BCUT2D eigenvalue weighted by molar-refractivity contribution is -0.117. The molecule has 0 aliphatic heterocycles. The van der Waals surface area contributed by atoms with Gasteiger partial charge in [-0.05, 0) is 36.1 Å². The number of hydrogen-bond acceptors (Lipinski definition) is 3. The minimum absolute atomic E-state index is 0.0610. The first kappa shape index (κ1) is 21.5. The zero-order chi connectivity index (χ0) is 20.9. The summed E-state index contributed by atoms with van der Waals surface area (Å²) in [4.78, 5) is 27.1. The molecular formula is C23H31N3O2. The molecule has 150 valence electrons. The van der Waals surface area contributed by atoms with Crippen molar-refractivity contribution in [3.8, 4) is 0 Å². The first-order chi connectivity index (χ1) is 13.1. The van der Waals surface area contributed by atoms with Gasteiger partial charge >= 0.3 is 0 Å². The zero-order valence-electron chi connectivity index (χ0n) is 17.7. The first-order valence-electron chi connectivity index (χ1n) is 9.54. The Morgan fingerprint density at radius 3 is 2.25 bits per heavy atom. The van der Waals surface area contributed by atoms with Crippen molar-refractivity contribution in [1.82, 2.24) is 5.32 Å². The molecule has 0 aromatic heterocycles. The lowest BCUT2D eigenvalue weighted by atomic mass is 9.92. The highest BCUT2D eigenvalue weighted by Crippen LogP contribution is 2.25. The van der Waals surface area contributed by atoms with Gasteiger partial charge in [0.25, 0.3) is 5.91 Å². The molecule has 0 unspecified atom stereocenters. The van der Waals surface area contributed by atoms with Crippen molar-refractivity contribution >= 4 is 23.2 Å². The van der Waals surface area contributed by atoms with Crippen LogP contribution in [0.2, 0.25) is 0 Å². The van der Waals surface area contributed by atoms with Crippen LogP contribution in [-0.2, 0) is 4.79 Å². The molecule has 0 saturated heterocycles. The lowest BCUT2D eigenvalue weighted by Gasteiger charge is -2.21. The molecule has 1 atom stereocenters. The minimum atomic E-state index is -0.174. The SMILES string of the molecule is C[C@H](NC(=O)c1cc(NC(=O)CC(C)(C)C)ccc1N(C)C)c1ccccc1. The van der Waals surface area contributed by atoms with Crippen LogP contribution in [0.15, 0.2) is 48.5 Å². The van der Waals surface area contributed by atoms with Gasteiger partial charge in [-0.15, -0.1) is 0 Å². The minimum Gasteiger partial charge on any atom is -0.377 e. The molecule has 0 aliphatic carbocycles. The number of benzene rings is 2. The highest BCUT2D eigenvalue weighted by atomic mass is 16.2. The van der Waals surface area contributed by atoms with Crippen LogP contribution in [0, 0.1) is 5.41 Å². The van der Waals surface area contributed by atoms with Crippen molar-refractivity contribution in [3.63, 3.8) is 0 Å². The lowest BCUT2D eigenvalue weighted by Crippen LogP contribution is -2.28. The van der Waals surface area contributed by atoms with E-state index in [-0.39, 0.29) is 23.3 Å². The maximum absolute atomic E-state index is 13.0. The number of nitrogens with one attached hydrogen (secondary N) is 2. The van der Waals surface area contributed by atoms with E-state index in [0.29, 0.717) is 17.7 Å². The number of rotatable bonds is 6. The van der Waals surface area contributed by atoms with E-state index in [2.05, 4.69) is 10.6 Å². The molecule has 2 amide bonds. The molecule has 2 N–H and O–H groups in total. The summed E-state index contributed by atoms with van der Waals surface area (Å²) in [5.74, 6) is -0.235. The Balaban J connectivity index is 2.22. The van der Waals surface area contributed by atoms with Gasteiger partial charge in [-0.1, -0.05) is 51.1 Å². The summed E-state index contributed by atoms with van der Waals surface area (Å²) in [5.41, 5.74) is 2.89. The molecule has 5 nitrogen and oxygen atoms in total. The van der Waals surface area contributed by atoms with Crippen molar-refractivity contribution in [2.45, 2.75) is 40.2 Å². The van der Waals surface area contributed by atoms with Crippen LogP contribution < -0.4 is 15.5 Å². The fraction of sp³-hybridized carbons (Fsp3) is 0.391. The molecule has 0 saturated carbocycles. The summed E-state index contributed by atoms with van der Waals surface area (Å²) in [5, 5.41) is 5.96. The molecule has 0 heterocycles. The molecule has 2 aromatic carbocycles. The molecule has 0 radical (unpaired) electrons. The predicted molar refractivity (Wildman–Crippen MR) is 116 cm³/mol. The number of amides is 2. The molecular weight excluding hydrogens is 350 g/mol. The third-order valence-electron chi connectivity index (χ3n) is 4.34. The van der Waals surface area contributed by atoms with E-state index < -0.39 is 0 Å². The van der Waals surface area contributed by atoms with Crippen molar-refractivity contribution in [2.75, 3.05) is 24.3 Å². The van der Waals surface area contributed by atoms with E-state index in [0.717, 1.165) is 11.3 Å². The topological polar surface area (TPSA) is 61.4 Å². The number of hydrogen-bond donors (Lipinski definition) is 2. The van der Waals surface area contributed by atoms with Crippen molar-refractivity contribution in [3.05, 3.63) is 59.7 Å². The van der Waals surface area contributed by atoms with Crippen LogP contribution in [0.3, 0.4) is 0 Å². The van der Waals surface area contributed by atoms with E-state index in [1.54, 1.807) is 6.07 Å². The van der Waals surface area contributed by atoms with Gasteiger partial charge in [0.1, 0.15) is 0 Å². The van der Waals surface area contributed by atoms with E-state index in [9.17, 15) is 9.59 Å². The molecule has 28 heavy (non-hydrogen) atoms. The Labute approximate surface area is 168 Å². The van der Waals surface area contributed by atoms with Crippen molar-refractivity contribution in [2.24, 2.45) is 5.41 Å². The molecule has 0 aliphatic rings. The van der Waals surface area contributed by atoms with Crippen molar-refractivity contribution in [1.29, 1.82) is 0 Å². The molecule has 0 bridgehead atoms. The van der Waals surface area contributed by atoms with Gasteiger partial charge in [-0.2, -0.15) is 0 Å². The van der Waals surface area contributed by atoms with Crippen LogP contribution >= 0.6 is 0 Å². The highest BCUT2D eigenvalue weighted by Gasteiger charge is 2.19. The fourth-order valence-corrected chi connectivity index (χ4v) is 2.97. The normalized spacial score (nSPS) is 12.2. The van der Waals surface area contributed by atoms with Gasteiger partial charge in [0.15, 0.2) is 0 Å². The zero-order valence-corrected chi connectivity index (χ0v) is 17.7. The number of carbonyl (C=O) groups excluding carboxylic acids is 2. The van der Waals surface area contributed by atoms with Crippen LogP contribution in [0.25, 0.3) is 0 Å². The smallest absolute Gasteiger partial charge is 0.253 e. The van der Waals surface area contributed by atoms with Gasteiger partial charge in [-0.25, -0.2) is 0 Å². The summed E-state index contributed by atoms with van der Waals surface area (Å²) in [6.07, 6.45) is 0.412. The number of nitrogens with zero attached hydrogens (tertiary/aromatic N) is 1. The van der Waals surface area contributed by atoms with Crippen molar-refractivity contribution < 1.29 is 9.59 Å². The molecule has 0 spiro atoms. The van der Waals surface area contributed by atoms with E-state index >= 15 is 0 Å². The van der Waals surface area contributed by atoms with Crippen LogP contribution in [0.1, 0.15) is 56.1 Å². The van der Waals surface area contributed by atoms with Gasteiger partial charge in [0.05, 0.1) is 11.6 Å². The summed E-state index contributed by atoms with van der Waals surface area (Å²) in [7, 11) is 3.79. The van der Waals surface area contributed by atoms with Gasteiger partial charge in [-0.3, -0.25) is 9.59 Å². The van der Waals surface area contributed by atoms with Crippen LogP contribution in [-0.4, -0.2) is 25.9 Å².